The van der Waals surface area contributed by atoms with Crippen LogP contribution in [-0.4, -0.2) is 77.0 Å². The number of aromatic amines is 1. The Kier molecular flexibility index (Phi) is 5.95. The van der Waals surface area contributed by atoms with Crippen LogP contribution in [0.2, 0.25) is 0 Å². The van der Waals surface area contributed by atoms with Crippen molar-refractivity contribution in [3.05, 3.63) is 17.2 Å². The highest BCUT2D eigenvalue weighted by Gasteiger charge is 2.29. The summed E-state index contributed by atoms with van der Waals surface area (Å²) in [6.07, 6.45) is 3.65. The summed E-state index contributed by atoms with van der Waals surface area (Å²) in [6.45, 7) is 15.1. The fraction of sp³-hybridized carbons (Fsp3) is 0.842. The Balaban J connectivity index is 1.47. The van der Waals surface area contributed by atoms with Gasteiger partial charge < -0.3 is 9.88 Å². The summed E-state index contributed by atoms with van der Waals surface area (Å²) in [5.41, 5.74) is 2.50. The van der Waals surface area contributed by atoms with Gasteiger partial charge in [-0.3, -0.25) is 9.80 Å². The van der Waals surface area contributed by atoms with Crippen LogP contribution in [0.4, 0.5) is 0 Å². The lowest BCUT2D eigenvalue weighted by Gasteiger charge is -2.42. The minimum atomic E-state index is 0.736. The van der Waals surface area contributed by atoms with Crippen molar-refractivity contribution in [1.82, 2.24) is 24.7 Å². The molecule has 0 radical (unpaired) electrons. The zero-order valence-corrected chi connectivity index (χ0v) is 16.0. The smallest absolute Gasteiger partial charge is 0.106 e. The van der Waals surface area contributed by atoms with Crippen molar-refractivity contribution in [3.8, 4) is 0 Å². The second-order valence-corrected chi connectivity index (χ2v) is 7.80. The highest BCUT2D eigenvalue weighted by Crippen LogP contribution is 2.25. The number of hydrogen-bond acceptors (Lipinski definition) is 4. The van der Waals surface area contributed by atoms with Crippen LogP contribution in [0.3, 0.4) is 0 Å². The molecule has 136 valence electrons. The van der Waals surface area contributed by atoms with Crippen molar-refractivity contribution in [2.45, 2.75) is 52.6 Å². The number of piperidine rings is 1. The van der Waals surface area contributed by atoms with E-state index in [1.165, 1.54) is 63.5 Å². The van der Waals surface area contributed by atoms with E-state index in [0.29, 0.717) is 0 Å². The van der Waals surface area contributed by atoms with Gasteiger partial charge in [-0.1, -0.05) is 6.92 Å². The standard InChI is InChI=1S/C19H35N5/c1-5-19-20-15(2)18(21-19)14-23-8-6-17(7-9-23)16(3)24-12-10-22(4)11-13-24/h16-17H,5-14H2,1-4H3,(H,20,21)/t16-/m1/s1. The normalized spacial score (nSPS) is 23.7. The summed E-state index contributed by atoms with van der Waals surface area (Å²) in [5, 5.41) is 0. The van der Waals surface area contributed by atoms with Gasteiger partial charge in [-0.2, -0.15) is 0 Å². The van der Waals surface area contributed by atoms with Crippen molar-refractivity contribution < 1.29 is 0 Å². The molecule has 1 aromatic rings. The lowest BCUT2D eigenvalue weighted by atomic mass is 9.89. The van der Waals surface area contributed by atoms with Crippen molar-refractivity contribution in [2.24, 2.45) is 5.92 Å². The molecule has 1 atom stereocenters. The van der Waals surface area contributed by atoms with Gasteiger partial charge in [0, 0.05) is 50.9 Å². The number of rotatable bonds is 5. The van der Waals surface area contributed by atoms with Gasteiger partial charge in [0.15, 0.2) is 0 Å². The topological polar surface area (TPSA) is 38.4 Å². The lowest BCUT2D eigenvalue weighted by Crippen LogP contribution is -2.51. The van der Waals surface area contributed by atoms with E-state index in [4.69, 9.17) is 4.98 Å². The molecule has 0 saturated carbocycles. The molecule has 2 aliphatic rings. The minimum Gasteiger partial charge on any atom is -0.346 e. The number of likely N-dealkylation sites (N-methyl/N-ethyl adjacent to an activating group) is 1. The third-order valence-electron chi connectivity index (χ3n) is 6.17. The zero-order valence-electron chi connectivity index (χ0n) is 16.0. The van der Waals surface area contributed by atoms with Crippen LogP contribution >= 0.6 is 0 Å². The molecule has 0 spiro atoms. The third-order valence-corrected chi connectivity index (χ3v) is 6.17. The fourth-order valence-corrected chi connectivity index (χ4v) is 4.22. The van der Waals surface area contributed by atoms with E-state index in [1.807, 2.05) is 0 Å². The molecule has 1 aromatic heterocycles. The van der Waals surface area contributed by atoms with E-state index in [1.54, 1.807) is 0 Å². The molecule has 0 unspecified atom stereocenters. The first-order chi connectivity index (χ1) is 11.6. The van der Waals surface area contributed by atoms with Gasteiger partial charge in [0.1, 0.15) is 5.82 Å². The summed E-state index contributed by atoms with van der Waals surface area (Å²) < 4.78 is 0. The number of H-pyrrole nitrogens is 1. The minimum absolute atomic E-state index is 0.736. The van der Waals surface area contributed by atoms with Crippen LogP contribution in [0.25, 0.3) is 0 Å². The van der Waals surface area contributed by atoms with Gasteiger partial charge >= 0.3 is 0 Å². The molecule has 2 aliphatic heterocycles. The van der Waals surface area contributed by atoms with E-state index < -0.39 is 0 Å². The lowest BCUT2D eigenvalue weighted by molar-refractivity contribution is 0.0596. The number of aryl methyl sites for hydroxylation is 2. The molecule has 3 heterocycles. The monoisotopic (exact) mass is 333 g/mol. The number of piperazine rings is 1. The Morgan fingerprint density at radius 3 is 2.38 bits per heavy atom. The molecule has 5 nitrogen and oxygen atoms in total. The highest BCUT2D eigenvalue weighted by atomic mass is 15.3. The molecule has 0 aromatic carbocycles. The predicted octanol–water partition coefficient (Wildman–Crippen LogP) is 2.13. The predicted molar refractivity (Wildman–Crippen MR) is 99.2 cm³/mol. The van der Waals surface area contributed by atoms with Gasteiger partial charge in [0.25, 0.3) is 0 Å². The average molecular weight is 334 g/mol. The first-order valence-corrected chi connectivity index (χ1v) is 9.76. The molecule has 1 N–H and O–H groups in total. The van der Waals surface area contributed by atoms with Gasteiger partial charge in [-0.15, -0.1) is 0 Å². The molecular weight excluding hydrogens is 298 g/mol. The fourth-order valence-electron chi connectivity index (χ4n) is 4.22. The van der Waals surface area contributed by atoms with Crippen molar-refractivity contribution in [2.75, 3.05) is 46.3 Å². The molecule has 0 bridgehead atoms. The quantitative estimate of drug-likeness (QED) is 0.896. The van der Waals surface area contributed by atoms with Crippen molar-refractivity contribution >= 4 is 0 Å². The largest absolute Gasteiger partial charge is 0.346 e. The molecule has 24 heavy (non-hydrogen) atoms. The second kappa shape index (κ2) is 7.98. The Morgan fingerprint density at radius 1 is 1.12 bits per heavy atom. The molecule has 0 amide bonds. The summed E-state index contributed by atoms with van der Waals surface area (Å²) >= 11 is 0. The molecule has 3 rings (SSSR count). The van der Waals surface area contributed by atoms with Gasteiger partial charge in [0.05, 0.1) is 5.69 Å². The number of hydrogen-bond donors (Lipinski definition) is 1. The first kappa shape index (κ1) is 17.9. The van der Waals surface area contributed by atoms with Crippen LogP contribution in [-0.2, 0) is 13.0 Å². The van der Waals surface area contributed by atoms with Gasteiger partial charge in [-0.25, -0.2) is 4.98 Å². The summed E-state index contributed by atoms with van der Waals surface area (Å²) in [5.74, 6) is 1.98. The Bertz CT molecular complexity index is 510. The summed E-state index contributed by atoms with van der Waals surface area (Å²) in [6, 6.07) is 0.736. The van der Waals surface area contributed by atoms with E-state index in [-0.39, 0.29) is 0 Å². The van der Waals surface area contributed by atoms with Crippen LogP contribution in [0.15, 0.2) is 0 Å². The SMILES string of the molecule is CCc1nc(CN2CCC([C@@H](C)N3CCN(C)CC3)CC2)c(C)[nH]1. The Hall–Kier alpha value is -0.910. The number of nitrogens with one attached hydrogen (secondary N) is 1. The maximum Gasteiger partial charge on any atom is 0.106 e. The third kappa shape index (κ3) is 4.19. The molecule has 2 fully saturated rings. The Labute approximate surface area is 147 Å². The van der Waals surface area contributed by atoms with Gasteiger partial charge in [0.2, 0.25) is 0 Å². The number of nitrogens with zero attached hydrogens (tertiary/aromatic N) is 4. The van der Waals surface area contributed by atoms with E-state index >= 15 is 0 Å². The summed E-state index contributed by atoms with van der Waals surface area (Å²) in [4.78, 5) is 15.9. The number of imidazole rings is 1. The number of likely N-dealkylation sites (tertiary alicyclic amines) is 1. The van der Waals surface area contributed by atoms with Crippen molar-refractivity contribution in [3.63, 3.8) is 0 Å². The van der Waals surface area contributed by atoms with E-state index in [0.717, 1.165) is 30.7 Å². The van der Waals surface area contributed by atoms with Crippen LogP contribution in [0.1, 0.15) is 43.9 Å². The molecule has 0 aliphatic carbocycles. The maximum atomic E-state index is 4.75. The highest BCUT2D eigenvalue weighted by molar-refractivity contribution is 5.13. The zero-order chi connectivity index (χ0) is 17.1. The molecule has 2 saturated heterocycles. The van der Waals surface area contributed by atoms with Gasteiger partial charge in [-0.05, 0) is 52.7 Å². The van der Waals surface area contributed by atoms with Crippen LogP contribution < -0.4 is 0 Å². The second-order valence-electron chi connectivity index (χ2n) is 7.80. The van der Waals surface area contributed by atoms with Crippen LogP contribution in [0, 0.1) is 12.8 Å². The molecule has 5 heteroatoms. The average Bonchev–Trinajstić information content (AvgIpc) is 2.95. The molecular formula is C19H35N5. The Morgan fingerprint density at radius 2 is 1.79 bits per heavy atom. The maximum absolute atomic E-state index is 4.75. The van der Waals surface area contributed by atoms with E-state index in [2.05, 4.69) is 47.5 Å². The van der Waals surface area contributed by atoms with E-state index in [9.17, 15) is 0 Å². The van der Waals surface area contributed by atoms with Crippen LogP contribution in [0.5, 0.6) is 0 Å². The first-order valence-electron chi connectivity index (χ1n) is 9.76. The van der Waals surface area contributed by atoms with Crippen molar-refractivity contribution in [1.29, 1.82) is 0 Å². The summed E-state index contributed by atoms with van der Waals surface area (Å²) in [7, 11) is 2.24. The number of aromatic nitrogens is 2.